The standard InChI is InChI=1S/C12H15BrO2/c1-8(14)6-9-2-5-12(11(13)7-9)15-10-3-4-10/h2,5,7-8,10,14H,3-4,6H2,1H3. The topological polar surface area (TPSA) is 29.5 Å². The molecule has 0 heterocycles. The van der Waals surface area contributed by atoms with Gasteiger partial charge in [-0.15, -0.1) is 0 Å². The van der Waals surface area contributed by atoms with E-state index in [1.54, 1.807) is 6.92 Å². The normalized spacial score (nSPS) is 17.5. The quantitative estimate of drug-likeness (QED) is 0.912. The molecular formula is C12H15BrO2. The average Bonchev–Trinajstić information content (AvgIpc) is 2.92. The number of aliphatic hydroxyl groups is 1. The molecule has 1 N–H and O–H groups in total. The van der Waals surface area contributed by atoms with E-state index >= 15 is 0 Å². The smallest absolute Gasteiger partial charge is 0.133 e. The van der Waals surface area contributed by atoms with Crippen LogP contribution in [0.1, 0.15) is 25.3 Å². The zero-order valence-electron chi connectivity index (χ0n) is 8.74. The van der Waals surface area contributed by atoms with E-state index in [-0.39, 0.29) is 6.10 Å². The first-order valence-electron chi connectivity index (χ1n) is 5.28. The summed E-state index contributed by atoms with van der Waals surface area (Å²) in [5.41, 5.74) is 1.13. The Kier molecular flexibility index (Phi) is 3.32. The van der Waals surface area contributed by atoms with Crippen molar-refractivity contribution < 1.29 is 9.84 Å². The predicted molar refractivity (Wildman–Crippen MR) is 63.2 cm³/mol. The van der Waals surface area contributed by atoms with Crippen LogP contribution in [0.15, 0.2) is 22.7 Å². The van der Waals surface area contributed by atoms with Crippen molar-refractivity contribution in [1.29, 1.82) is 0 Å². The zero-order valence-corrected chi connectivity index (χ0v) is 10.3. The van der Waals surface area contributed by atoms with Gasteiger partial charge in [-0.25, -0.2) is 0 Å². The number of hydrogen-bond acceptors (Lipinski definition) is 2. The highest BCUT2D eigenvalue weighted by molar-refractivity contribution is 9.10. The number of rotatable bonds is 4. The molecule has 0 saturated heterocycles. The van der Waals surface area contributed by atoms with E-state index in [0.717, 1.165) is 15.8 Å². The van der Waals surface area contributed by atoms with E-state index in [1.807, 2.05) is 18.2 Å². The van der Waals surface area contributed by atoms with Gasteiger partial charge in [0.05, 0.1) is 16.7 Å². The van der Waals surface area contributed by atoms with Crippen LogP contribution >= 0.6 is 15.9 Å². The molecule has 1 fully saturated rings. The largest absolute Gasteiger partial charge is 0.489 e. The van der Waals surface area contributed by atoms with Crippen molar-refractivity contribution >= 4 is 15.9 Å². The molecule has 0 spiro atoms. The Morgan fingerprint density at radius 1 is 1.53 bits per heavy atom. The molecule has 1 aromatic carbocycles. The molecule has 0 aliphatic heterocycles. The molecule has 1 atom stereocenters. The maximum absolute atomic E-state index is 9.27. The van der Waals surface area contributed by atoms with Crippen molar-refractivity contribution in [3.05, 3.63) is 28.2 Å². The molecule has 0 amide bonds. The lowest BCUT2D eigenvalue weighted by atomic mass is 10.1. The number of ether oxygens (including phenoxy) is 1. The fourth-order valence-corrected chi connectivity index (χ4v) is 1.99. The van der Waals surface area contributed by atoms with Crippen molar-refractivity contribution in [2.24, 2.45) is 0 Å². The first kappa shape index (κ1) is 11.0. The van der Waals surface area contributed by atoms with Crippen molar-refractivity contribution in [3.8, 4) is 5.75 Å². The van der Waals surface area contributed by atoms with Gasteiger partial charge in [-0.2, -0.15) is 0 Å². The molecule has 0 radical (unpaired) electrons. The highest BCUT2D eigenvalue weighted by atomic mass is 79.9. The van der Waals surface area contributed by atoms with E-state index in [4.69, 9.17) is 4.74 Å². The van der Waals surface area contributed by atoms with Gasteiger partial charge in [0.15, 0.2) is 0 Å². The minimum Gasteiger partial charge on any atom is -0.489 e. The SMILES string of the molecule is CC(O)Cc1ccc(OC2CC2)c(Br)c1. The van der Waals surface area contributed by atoms with Gasteiger partial charge in [-0.3, -0.25) is 0 Å². The molecule has 3 heteroatoms. The molecule has 1 aromatic rings. The third-order valence-electron chi connectivity index (χ3n) is 2.35. The van der Waals surface area contributed by atoms with Crippen LogP contribution in [-0.2, 0) is 6.42 Å². The van der Waals surface area contributed by atoms with E-state index in [9.17, 15) is 5.11 Å². The highest BCUT2D eigenvalue weighted by Crippen LogP contribution is 2.32. The van der Waals surface area contributed by atoms with Crippen LogP contribution in [0.5, 0.6) is 5.75 Å². The van der Waals surface area contributed by atoms with Gasteiger partial charge in [-0.05, 0) is 59.8 Å². The molecule has 1 saturated carbocycles. The predicted octanol–water partition coefficient (Wildman–Crippen LogP) is 2.91. The Labute approximate surface area is 98.4 Å². The van der Waals surface area contributed by atoms with Gasteiger partial charge >= 0.3 is 0 Å². The molecule has 1 unspecified atom stereocenters. The van der Waals surface area contributed by atoms with E-state index in [2.05, 4.69) is 15.9 Å². The molecule has 0 aromatic heterocycles. The Morgan fingerprint density at radius 3 is 2.80 bits per heavy atom. The van der Waals surface area contributed by atoms with Crippen LogP contribution in [0.25, 0.3) is 0 Å². The molecule has 1 aliphatic rings. The van der Waals surface area contributed by atoms with E-state index < -0.39 is 0 Å². The van der Waals surface area contributed by atoms with Crippen LogP contribution < -0.4 is 4.74 Å². The minimum atomic E-state index is -0.299. The van der Waals surface area contributed by atoms with Crippen molar-refractivity contribution in [2.75, 3.05) is 0 Å². The summed E-state index contributed by atoms with van der Waals surface area (Å²) in [6.07, 6.45) is 3.14. The summed E-state index contributed by atoms with van der Waals surface area (Å²) in [5.74, 6) is 0.909. The van der Waals surface area contributed by atoms with Crippen molar-refractivity contribution in [1.82, 2.24) is 0 Å². The Balaban J connectivity index is 2.07. The second kappa shape index (κ2) is 4.54. The molecule has 15 heavy (non-hydrogen) atoms. The Hall–Kier alpha value is -0.540. The van der Waals surface area contributed by atoms with Gasteiger partial charge in [0.2, 0.25) is 0 Å². The number of halogens is 1. The number of benzene rings is 1. The van der Waals surface area contributed by atoms with Gasteiger partial charge < -0.3 is 9.84 Å². The van der Waals surface area contributed by atoms with Gasteiger partial charge in [0, 0.05) is 0 Å². The summed E-state index contributed by atoms with van der Waals surface area (Å²) < 4.78 is 6.69. The van der Waals surface area contributed by atoms with Crippen LogP contribution in [0.4, 0.5) is 0 Å². The van der Waals surface area contributed by atoms with E-state index in [0.29, 0.717) is 12.5 Å². The van der Waals surface area contributed by atoms with Crippen LogP contribution in [-0.4, -0.2) is 17.3 Å². The van der Waals surface area contributed by atoms with Crippen LogP contribution in [0.2, 0.25) is 0 Å². The number of hydrogen-bond donors (Lipinski definition) is 1. The summed E-state index contributed by atoms with van der Waals surface area (Å²) >= 11 is 3.49. The Bertz CT molecular complexity index is 345. The lowest BCUT2D eigenvalue weighted by Gasteiger charge is -2.09. The van der Waals surface area contributed by atoms with Crippen LogP contribution in [0, 0.1) is 0 Å². The van der Waals surface area contributed by atoms with E-state index in [1.165, 1.54) is 12.8 Å². The third kappa shape index (κ3) is 3.21. The molecule has 2 nitrogen and oxygen atoms in total. The summed E-state index contributed by atoms with van der Waals surface area (Å²) in [5, 5.41) is 9.27. The first-order valence-corrected chi connectivity index (χ1v) is 6.07. The molecule has 2 rings (SSSR count). The fraction of sp³-hybridized carbons (Fsp3) is 0.500. The lowest BCUT2D eigenvalue weighted by Crippen LogP contribution is -2.04. The molecule has 0 bridgehead atoms. The van der Waals surface area contributed by atoms with Crippen molar-refractivity contribution in [3.63, 3.8) is 0 Å². The average molecular weight is 271 g/mol. The monoisotopic (exact) mass is 270 g/mol. The van der Waals surface area contributed by atoms with Gasteiger partial charge in [-0.1, -0.05) is 6.07 Å². The highest BCUT2D eigenvalue weighted by Gasteiger charge is 2.24. The molecular weight excluding hydrogens is 256 g/mol. The van der Waals surface area contributed by atoms with Crippen molar-refractivity contribution in [2.45, 2.75) is 38.4 Å². The maximum atomic E-state index is 9.27. The first-order chi connectivity index (χ1) is 7.15. The summed E-state index contributed by atoms with van der Waals surface area (Å²) in [6, 6.07) is 6.00. The Morgan fingerprint density at radius 2 is 2.27 bits per heavy atom. The van der Waals surface area contributed by atoms with Gasteiger partial charge in [0.25, 0.3) is 0 Å². The second-order valence-electron chi connectivity index (χ2n) is 4.14. The summed E-state index contributed by atoms with van der Waals surface area (Å²) in [7, 11) is 0. The summed E-state index contributed by atoms with van der Waals surface area (Å²) in [4.78, 5) is 0. The number of aliphatic hydroxyl groups excluding tert-OH is 1. The van der Waals surface area contributed by atoms with Gasteiger partial charge in [0.1, 0.15) is 5.75 Å². The van der Waals surface area contributed by atoms with Crippen LogP contribution in [0.3, 0.4) is 0 Å². The zero-order chi connectivity index (χ0) is 10.8. The third-order valence-corrected chi connectivity index (χ3v) is 2.97. The second-order valence-corrected chi connectivity index (χ2v) is 4.99. The lowest BCUT2D eigenvalue weighted by molar-refractivity contribution is 0.195. The maximum Gasteiger partial charge on any atom is 0.133 e. The molecule has 1 aliphatic carbocycles. The molecule has 82 valence electrons. The summed E-state index contributed by atoms with van der Waals surface area (Å²) in [6.45, 7) is 1.79. The fourth-order valence-electron chi connectivity index (χ4n) is 1.47. The minimum absolute atomic E-state index is 0.299.